The molecule has 0 radical (unpaired) electrons. The number of fused-ring (bicyclic) bond motifs is 2. The van der Waals surface area contributed by atoms with Gasteiger partial charge in [-0.3, -0.25) is 9.36 Å². The molecule has 0 bridgehead atoms. The standard InChI is InChI=1S/C20H26N4O3.C19H23ClN4O2/c1-4-27-20(25)17-11-24(22-18(17)12-26-3)10-14-5-6-19(21-13(14)2)23-8-15-7-16(15)9-23;1-3-26-19(25)16-11-24(22-17(16)7-20)10-13-4-5-18(21-12(13)2)23-8-14-6-15(14)9-23/h5-6,11,15-16H,4,7-10,12H2,1-3H3;4-5,11,14-15H,3,6-10H2,1-2H3. The van der Waals surface area contributed by atoms with Gasteiger partial charge in [-0.15, -0.1) is 11.6 Å². The highest BCUT2D eigenvalue weighted by Gasteiger charge is 2.46. The van der Waals surface area contributed by atoms with Crippen molar-refractivity contribution in [2.45, 2.75) is 66.1 Å². The zero-order valence-electron chi connectivity index (χ0n) is 31.3. The van der Waals surface area contributed by atoms with Gasteiger partial charge in [0, 0.05) is 57.1 Å². The number of halogens is 1. The second-order valence-electron chi connectivity index (χ2n) is 14.5. The van der Waals surface area contributed by atoms with Crippen LogP contribution in [0.4, 0.5) is 11.6 Å². The van der Waals surface area contributed by atoms with Crippen LogP contribution in [0.1, 0.15) is 81.3 Å². The highest BCUT2D eigenvalue weighted by molar-refractivity contribution is 6.17. The normalized spacial score (nSPS) is 20.8. The molecule has 4 aromatic heterocycles. The molecule has 53 heavy (non-hydrogen) atoms. The predicted molar refractivity (Wildman–Crippen MR) is 200 cm³/mol. The van der Waals surface area contributed by atoms with Gasteiger partial charge in [0.2, 0.25) is 0 Å². The van der Waals surface area contributed by atoms with E-state index in [1.54, 1.807) is 42.7 Å². The van der Waals surface area contributed by atoms with Crippen molar-refractivity contribution >= 4 is 35.2 Å². The average molecular weight is 745 g/mol. The van der Waals surface area contributed by atoms with Crippen LogP contribution in [-0.4, -0.2) is 88.0 Å². The van der Waals surface area contributed by atoms with Crippen molar-refractivity contribution < 1.29 is 23.8 Å². The van der Waals surface area contributed by atoms with E-state index in [4.69, 9.17) is 35.8 Å². The van der Waals surface area contributed by atoms with Gasteiger partial charge >= 0.3 is 11.9 Å². The maximum atomic E-state index is 12.1. The summed E-state index contributed by atoms with van der Waals surface area (Å²) in [6.07, 6.45) is 6.21. The van der Waals surface area contributed by atoms with Gasteiger partial charge in [-0.1, -0.05) is 12.1 Å². The van der Waals surface area contributed by atoms with Crippen molar-refractivity contribution in [2.75, 3.05) is 56.3 Å². The number of hydrogen-bond donors (Lipinski definition) is 0. The fraction of sp³-hybridized carbons (Fsp3) is 0.538. The van der Waals surface area contributed by atoms with Gasteiger partial charge in [-0.05, 0) is 87.5 Å². The highest BCUT2D eigenvalue weighted by Crippen LogP contribution is 2.46. The molecule has 4 fully saturated rings. The van der Waals surface area contributed by atoms with Crippen LogP contribution in [0.5, 0.6) is 0 Å². The summed E-state index contributed by atoms with van der Waals surface area (Å²) in [5.41, 5.74) is 6.18. The van der Waals surface area contributed by atoms with Crippen molar-refractivity contribution in [3.05, 3.63) is 81.7 Å². The second-order valence-corrected chi connectivity index (χ2v) is 14.8. The van der Waals surface area contributed by atoms with Gasteiger partial charge in [0.25, 0.3) is 0 Å². The third-order valence-electron chi connectivity index (χ3n) is 10.7. The molecule has 4 atom stereocenters. The Kier molecular flexibility index (Phi) is 11.0. The molecule has 0 N–H and O–H groups in total. The first-order valence-electron chi connectivity index (χ1n) is 18.6. The lowest BCUT2D eigenvalue weighted by atomic mass is 10.2. The molecule has 0 amide bonds. The number of esters is 2. The number of ether oxygens (including phenoxy) is 3. The Labute approximate surface area is 315 Å². The Morgan fingerprint density at radius 3 is 1.55 bits per heavy atom. The molecule has 2 aliphatic carbocycles. The molecule has 8 rings (SSSR count). The first-order valence-corrected chi connectivity index (χ1v) is 19.2. The van der Waals surface area contributed by atoms with E-state index in [-0.39, 0.29) is 24.4 Å². The average Bonchev–Trinajstić information content (AvgIpc) is 3.73. The zero-order chi connectivity index (χ0) is 37.2. The minimum absolute atomic E-state index is 0.175. The molecule has 6 heterocycles. The van der Waals surface area contributed by atoms with E-state index in [1.165, 1.54) is 12.8 Å². The lowest BCUT2D eigenvalue weighted by molar-refractivity contribution is 0.0513. The Morgan fingerprint density at radius 2 is 1.15 bits per heavy atom. The molecule has 2 saturated carbocycles. The molecule has 4 unspecified atom stereocenters. The van der Waals surface area contributed by atoms with Crippen molar-refractivity contribution in [3.63, 3.8) is 0 Å². The monoisotopic (exact) mass is 744 g/mol. The van der Waals surface area contributed by atoms with Crippen molar-refractivity contribution in [1.29, 1.82) is 0 Å². The zero-order valence-corrected chi connectivity index (χ0v) is 32.0. The number of nitrogens with zero attached hydrogens (tertiary/aromatic N) is 8. The lowest BCUT2D eigenvalue weighted by Gasteiger charge is -2.20. The number of aromatic nitrogens is 6. The Bertz CT molecular complexity index is 1940. The minimum atomic E-state index is -0.382. The largest absolute Gasteiger partial charge is 0.462 e. The van der Waals surface area contributed by atoms with Crippen molar-refractivity contribution in [3.8, 4) is 0 Å². The molecule has 4 aliphatic rings. The predicted octanol–water partition coefficient (Wildman–Crippen LogP) is 5.42. The molecule has 13 nitrogen and oxygen atoms in total. The molecule has 2 saturated heterocycles. The van der Waals surface area contributed by atoms with Gasteiger partial charge in [-0.25, -0.2) is 19.6 Å². The topological polar surface area (TPSA) is 130 Å². The van der Waals surface area contributed by atoms with E-state index in [9.17, 15) is 9.59 Å². The van der Waals surface area contributed by atoms with E-state index in [1.807, 2.05) is 13.8 Å². The summed E-state index contributed by atoms with van der Waals surface area (Å²) in [5.74, 6) is 5.10. The Balaban J connectivity index is 0.000000164. The number of piperidine rings is 2. The fourth-order valence-corrected chi connectivity index (χ4v) is 7.74. The number of carbonyl (C=O) groups excluding carboxylic acids is 2. The number of rotatable bonds is 13. The summed E-state index contributed by atoms with van der Waals surface area (Å²) in [5, 5.41) is 8.94. The number of hydrogen-bond acceptors (Lipinski definition) is 11. The van der Waals surface area contributed by atoms with Crippen LogP contribution in [0.25, 0.3) is 0 Å². The number of anilines is 2. The number of pyridine rings is 2. The number of aryl methyl sites for hydroxylation is 2. The first-order chi connectivity index (χ1) is 25.7. The summed E-state index contributed by atoms with van der Waals surface area (Å²) in [6, 6.07) is 8.40. The van der Waals surface area contributed by atoms with Gasteiger partial charge < -0.3 is 24.0 Å². The Hall–Kier alpha value is -4.49. The van der Waals surface area contributed by atoms with Gasteiger partial charge in [0.15, 0.2) is 0 Å². The molecule has 14 heteroatoms. The summed E-state index contributed by atoms with van der Waals surface area (Å²) < 4.78 is 18.9. The summed E-state index contributed by atoms with van der Waals surface area (Å²) in [6.45, 7) is 14.2. The minimum Gasteiger partial charge on any atom is -0.462 e. The third-order valence-corrected chi connectivity index (χ3v) is 11.0. The van der Waals surface area contributed by atoms with E-state index in [0.717, 1.165) is 84.0 Å². The van der Waals surface area contributed by atoms with Crippen LogP contribution >= 0.6 is 11.6 Å². The number of alkyl halides is 1. The molecular weight excluding hydrogens is 696 g/mol. The molecule has 2 aliphatic heterocycles. The second kappa shape index (κ2) is 15.9. The van der Waals surface area contributed by atoms with Crippen LogP contribution in [0, 0.1) is 37.5 Å². The van der Waals surface area contributed by atoms with Crippen LogP contribution in [0.15, 0.2) is 36.7 Å². The maximum absolute atomic E-state index is 12.1. The van der Waals surface area contributed by atoms with Crippen LogP contribution in [0.2, 0.25) is 0 Å². The molecule has 0 aromatic carbocycles. The number of carbonyl (C=O) groups is 2. The van der Waals surface area contributed by atoms with Crippen LogP contribution in [0.3, 0.4) is 0 Å². The van der Waals surface area contributed by atoms with Crippen molar-refractivity contribution in [1.82, 2.24) is 29.5 Å². The van der Waals surface area contributed by atoms with Crippen LogP contribution < -0.4 is 9.80 Å². The highest BCUT2D eigenvalue weighted by atomic mass is 35.5. The lowest BCUT2D eigenvalue weighted by Crippen LogP contribution is -2.23. The summed E-state index contributed by atoms with van der Waals surface area (Å²) >= 11 is 5.93. The molecule has 282 valence electrons. The maximum Gasteiger partial charge on any atom is 0.341 e. The van der Waals surface area contributed by atoms with Crippen LogP contribution in [-0.2, 0) is 39.8 Å². The van der Waals surface area contributed by atoms with E-state index < -0.39 is 0 Å². The SMILES string of the molecule is CCOC(=O)c1cn(Cc2ccc(N3CC4CC4C3)nc2C)nc1CCl.CCOC(=O)c1cn(Cc2ccc(N3CC4CC4C3)nc2C)nc1COC. The summed E-state index contributed by atoms with van der Waals surface area (Å²) in [7, 11) is 1.59. The molecular formula is C39H49ClN8O5. The molecule has 4 aromatic rings. The van der Waals surface area contributed by atoms with Gasteiger partial charge in [0.05, 0.1) is 44.5 Å². The third kappa shape index (κ3) is 8.36. The summed E-state index contributed by atoms with van der Waals surface area (Å²) in [4.78, 5) is 38.5. The smallest absolute Gasteiger partial charge is 0.341 e. The van der Waals surface area contributed by atoms with E-state index in [2.05, 4.69) is 44.3 Å². The van der Waals surface area contributed by atoms with Crippen molar-refractivity contribution in [2.24, 2.45) is 23.7 Å². The first kappa shape index (κ1) is 36.9. The quantitative estimate of drug-likeness (QED) is 0.129. The Morgan fingerprint density at radius 1 is 0.717 bits per heavy atom. The van der Waals surface area contributed by atoms with E-state index >= 15 is 0 Å². The fourth-order valence-electron chi connectivity index (χ4n) is 7.54. The van der Waals surface area contributed by atoms with Gasteiger partial charge in [-0.2, -0.15) is 10.2 Å². The molecule has 0 spiro atoms. The van der Waals surface area contributed by atoms with Gasteiger partial charge in [0.1, 0.15) is 28.5 Å². The van der Waals surface area contributed by atoms with E-state index in [0.29, 0.717) is 48.8 Å². The number of methoxy groups -OCH3 is 1.